The largest absolute Gasteiger partial charge is 0.355 e. The second-order valence-corrected chi connectivity index (χ2v) is 6.06. The Labute approximate surface area is 133 Å². The van der Waals surface area contributed by atoms with Gasteiger partial charge in [0.1, 0.15) is 0 Å². The fourth-order valence-corrected chi connectivity index (χ4v) is 3.11. The summed E-state index contributed by atoms with van der Waals surface area (Å²) in [5.74, 6) is 0.407. The minimum atomic E-state index is 0. The predicted octanol–water partition coefficient (Wildman–Crippen LogP) is 1.32. The molecule has 2 rings (SSSR count). The van der Waals surface area contributed by atoms with Gasteiger partial charge in [-0.2, -0.15) is 0 Å². The number of carbonyl (C=O) groups is 2. The van der Waals surface area contributed by atoms with Crippen LogP contribution in [0, 0.1) is 5.92 Å². The standard InChI is InChI=1S/C15H27N3O2.ClH/c1-12-11-13(5-7-16-12)15(20)17-8-6-14(19)18-9-3-2-4-10-18;/h12-13,16H,2-11H2,1H3,(H,17,20);1H/t12-,13-;/m0./s1. The van der Waals surface area contributed by atoms with Crippen LogP contribution in [0.15, 0.2) is 0 Å². The molecule has 0 aromatic carbocycles. The topological polar surface area (TPSA) is 61.4 Å². The van der Waals surface area contributed by atoms with Crippen LogP contribution in [0.4, 0.5) is 0 Å². The number of amides is 2. The van der Waals surface area contributed by atoms with Crippen LogP contribution in [0.5, 0.6) is 0 Å². The van der Waals surface area contributed by atoms with Gasteiger partial charge in [0.15, 0.2) is 0 Å². The number of likely N-dealkylation sites (tertiary alicyclic amines) is 1. The molecule has 0 bridgehead atoms. The van der Waals surface area contributed by atoms with Crippen molar-refractivity contribution in [2.24, 2.45) is 5.92 Å². The zero-order valence-corrected chi connectivity index (χ0v) is 13.7. The van der Waals surface area contributed by atoms with Gasteiger partial charge in [-0.1, -0.05) is 0 Å². The maximum absolute atomic E-state index is 12.0. The number of hydrogen-bond donors (Lipinski definition) is 2. The molecule has 0 spiro atoms. The highest BCUT2D eigenvalue weighted by atomic mass is 35.5. The van der Waals surface area contributed by atoms with Gasteiger partial charge in [0.2, 0.25) is 11.8 Å². The number of nitrogens with one attached hydrogen (secondary N) is 2. The molecule has 2 saturated heterocycles. The van der Waals surface area contributed by atoms with Crippen LogP contribution >= 0.6 is 12.4 Å². The smallest absolute Gasteiger partial charge is 0.224 e. The van der Waals surface area contributed by atoms with E-state index in [0.29, 0.717) is 19.0 Å². The van der Waals surface area contributed by atoms with Gasteiger partial charge in [0, 0.05) is 38.0 Å². The molecule has 2 heterocycles. The van der Waals surface area contributed by atoms with Crippen LogP contribution in [-0.2, 0) is 9.59 Å². The normalized spacial score (nSPS) is 25.9. The molecule has 0 saturated carbocycles. The van der Waals surface area contributed by atoms with Gasteiger partial charge >= 0.3 is 0 Å². The lowest BCUT2D eigenvalue weighted by atomic mass is 9.92. The fourth-order valence-electron chi connectivity index (χ4n) is 3.11. The Morgan fingerprint density at radius 3 is 2.62 bits per heavy atom. The van der Waals surface area contributed by atoms with E-state index < -0.39 is 0 Å². The molecule has 2 atom stereocenters. The van der Waals surface area contributed by atoms with Crippen LogP contribution < -0.4 is 10.6 Å². The number of halogens is 1. The minimum Gasteiger partial charge on any atom is -0.355 e. The average Bonchev–Trinajstić information content (AvgIpc) is 2.48. The van der Waals surface area contributed by atoms with Gasteiger partial charge in [-0.05, 0) is 45.6 Å². The van der Waals surface area contributed by atoms with Crippen molar-refractivity contribution in [1.29, 1.82) is 0 Å². The highest BCUT2D eigenvalue weighted by Crippen LogP contribution is 2.16. The maximum atomic E-state index is 12.0. The number of nitrogens with zero attached hydrogens (tertiary/aromatic N) is 1. The van der Waals surface area contributed by atoms with E-state index in [1.807, 2.05) is 4.90 Å². The molecule has 2 aliphatic heterocycles. The van der Waals surface area contributed by atoms with Gasteiger partial charge in [-0.15, -0.1) is 12.4 Å². The van der Waals surface area contributed by atoms with Crippen molar-refractivity contribution in [3.8, 4) is 0 Å². The van der Waals surface area contributed by atoms with E-state index in [2.05, 4.69) is 17.6 Å². The molecular formula is C15H28ClN3O2. The molecule has 122 valence electrons. The van der Waals surface area contributed by atoms with Crippen LogP contribution in [0.3, 0.4) is 0 Å². The lowest BCUT2D eigenvalue weighted by Gasteiger charge is -2.28. The van der Waals surface area contributed by atoms with Gasteiger partial charge in [-0.3, -0.25) is 9.59 Å². The number of carbonyl (C=O) groups excluding carboxylic acids is 2. The first-order valence-corrected chi connectivity index (χ1v) is 7.95. The maximum Gasteiger partial charge on any atom is 0.224 e. The molecule has 2 amide bonds. The van der Waals surface area contributed by atoms with Crippen LogP contribution in [-0.4, -0.2) is 48.9 Å². The van der Waals surface area contributed by atoms with Crippen LogP contribution in [0.1, 0.15) is 45.4 Å². The Bertz CT molecular complexity index is 346. The second kappa shape index (κ2) is 9.26. The lowest BCUT2D eigenvalue weighted by molar-refractivity contribution is -0.132. The van der Waals surface area contributed by atoms with Crippen molar-refractivity contribution in [3.63, 3.8) is 0 Å². The SMILES string of the molecule is C[C@H]1C[C@@H](C(=O)NCCC(=O)N2CCCCC2)CCN1.Cl. The van der Waals surface area contributed by atoms with Crippen molar-refractivity contribution >= 4 is 24.2 Å². The van der Waals surface area contributed by atoms with Gasteiger partial charge in [0.25, 0.3) is 0 Å². The van der Waals surface area contributed by atoms with Crippen molar-refractivity contribution in [2.45, 2.75) is 51.5 Å². The van der Waals surface area contributed by atoms with E-state index in [1.54, 1.807) is 0 Å². The van der Waals surface area contributed by atoms with Crippen LogP contribution in [0.2, 0.25) is 0 Å². The quantitative estimate of drug-likeness (QED) is 0.822. The van der Waals surface area contributed by atoms with Gasteiger partial charge in [-0.25, -0.2) is 0 Å². The second-order valence-electron chi connectivity index (χ2n) is 6.06. The summed E-state index contributed by atoms with van der Waals surface area (Å²) in [4.78, 5) is 25.9. The Balaban J connectivity index is 0.00000220. The minimum absolute atomic E-state index is 0. The first kappa shape index (κ1) is 18.2. The van der Waals surface area contributed by atoms with Crippen molar-refractivity contribution in [2.75, 3.05) is 26.2 Å². The zero-order valence-electron chi connectivity index (χ0n) is 12.9. The summed E-state index contributed by atoms with van der Waals surface area (Å²) in [5, 5.41) is 6.27. The van der Waals surface area contributed by atoms with Crippen molar-refractivity contribution in [1.82, 2.24) is 15.5 Å². The molecule has 21 heavy (non-hydrogen) atoms. The highest BCUT2D eigenvalue weighted by molar-refractivity contribution is 5.85. The zero-order chi connectivity index (χ0) is 14.4. The predicted molar refractivity (Wildman–Crippen MR) is 85.5 cm³/mol. The Hall–Kier alpha value is -0.810. The van der Waals surface area contributed by atoms with E-state index in [9.17, 15) is 9.59 Å². The summed E-state index contributed by atoms with van der Waals surface area (Å²) < 4.78 is 0. The molecule has 0 unspecified atom stereocenters. The fraction of sp³-hybridized carbons (Fsp3) is 0.867. The summed E-state index contributed by atoms with van der Waals surface area (Å²) in [6.45, 7) is 5.27. The first-order chi connectivity index (χ1) is 9.66. The third-order valence-electron chi connectivity index (χ3n) is 4.34. The molecule has 2 fully saturated rings. The molecule has 0 aromatic heterocycles. The van der Waals surface area contributed by atoms with E-state index in [4.69, 9.17) is 0 Å². The molecule has 2 aliphatic rings. The monoisotopic (exact) mass is 317 g/mol. The summed E-state index contributed by atoms with van der Waals surface area (Å²) in [6, 6.07) is 0.412. The molecule has 5 nitrogen and oxygen atoms in total. The lowest BCUT2D eigenvalue weighted by Crippen LogP contribution is -2.43. The van der Waals surface area contributed by atoms with E-state index in [0.717, 1.165) is 45.3 Å². The van der Waals surface area contributed by atoms with E-state index in [1.165, 1.54) is 6.42 Å². The summed E-state index contributed by atoms with van der Waals surface area (Å²) in [5.41, 5.74) is 0. The van der Waals surface area contributed by atoms with Crippen LogP contribution in [0.25, 0.3) is 0 Å². The molecule has 0 aromatic rings. The molecule has 0 aliphatic carbocycles. The average molecular weight is 318 g/mol. The van der Waals surface area contributed by atoms with Gasteiger partial charge < -0.3 is 15.5 Å². The summed E-state index contributed by atoms with van der Waals surface area (Å²) >= 11 is 0. The summed E-state index contributed by atoms with van der Waals surface area (Å²) in [6.07, 6.45) is 5.69. The molecule has 2 N–H and O–H groups in total. The van der Waals surface area contributed by atoms with E-state index >= 15 is 0 Å². The molecular weight excluding hydrogens is 290 g/mol. The van der Waals surface area contributed by atoms with Crippen molar-refractivity contribution < 1.29 is 9.59 Å². The third kappa shape index (κ3) is 5.83. The van der Waals surface area contributed by atoms with Crippen molar-refractivity contribution in [3.05, 3.63) is 0 Å². The molecule has 0 radical (unpaired) electrons. The number of rotatable bonds is 4. The summed E-state index contributed by atoms with van der Waals surface area (Å²) in [7, 11) is 0. The Morgan fingerprint density at radius 2 is 1.95 bits per heavy atom. The highest BCUT2D eigenvalue weighted by Gasteiger charge is 2.24. The van der Waals surface area contributed by atoms with E-state index in [-0.39, 0.29) is 30.1 Å². The number of piperidine rings is 2. The Morgan fingerprint density at radius 1 is 1.24 bits per heavy atom. The number of hydrogen-bond acceptors (Lipinski definition) is 3. The Kier molecular flexibility index (Phi) is 8.04. The first-order valence-electron chi connectivity index (χ1n) is 7.95. The van der Waals surface area contributed by atoms with Gasteiger partial charge in [0.05, 0.1) is 0 Å². The third-order valence-corrected chi connectivity index (χ3v) is 4.34. The molecule has 6 heteroatoms.